The predicted octanol–water partition coefficient (Wildman–Crippen LogP) is 0.584. The van der Waals surface area contributed by atoms with Crippen LogP contribution in [-0.2, 0) is 14.3 Å². The third kappa shape index (κ3) is 4.85. The zero-order valence-corrected chi connectivity index (χ0v) is 14.3. The third-order valence-electron chi connectivity index (χ3n) is 4.09. The molecule has 0 bridgehead atoms. The van der Waals surface area contributed by atoms with E-state index in [2.05, 4.69) is 0 Å². The van der Waals surface area contributed by atoms with Crippen molar-refractivity contribution in [2.45, 2.75) is 12.8 Å². The Labute approximate surface area is 145 Å². The van der Waals surface area contributed by atoms with Gasteiger partial charge in [0, 0.05) is 19.2 Å². The average molecular weight is 350 g/mol. The van der Waals surface area contributed by atoms with Crippen molar-refractivity contribution in [3.63, 3.8) is 0 Å². The van der Waals surface area contributed by atoms with Crippen LogP contribution < -0.4 is 15.2 Å². The lowest BCUT2D eigenvalue weighted by Crippen LogP contribution is -2.45. The highest BCUT2D eigenvalue weighted by atomic mass is 16.5. The molecule has 1 saturated heterocycles. The number of carbonyl (C=O) groups excluding carboxylic acids is 3. The Morgan fingerprint density at radius 2 is 1.80 bits per heavy atom. The first-order chi connectivity index (χ1) is 11.9. The maximum Gasteiger partial charge on any atom is 0.338 e. The van der Waals surface area contributed by atoms with Crippen molar-refractivity contribution in [1.29, 1.82) is 0 Å². The van der Waals surface area contributed by atoms with E-state index in [1.807, 2.05) is 0 Å². The van der Waals surface area contributed by atoms with Gasteiger partial charge < -0.3 is 24.8 Å². The Morgan fingerprint density at radius 1 is 1.16 bits per heavy atom. The van der Waals surface area contributed by atoms with Gasteiger partial charge in [-0.15, -0.1) is 0 Å². The fourth-order valence-electron chi connectivity index (χ4n) is 2.66. The molecule has 0 aliphatic carbocycles. The molecule has 1 heterocycles. The number of esters is 1. The molecule has 1 aliphatic heterocycles. The lowest BCUT2D eigenvalue weighted by atomic mass is 9.97. The molecular weight excluding hydrogens is 328 g/mol. The number of ether oxygens (including phenoxy) is 3. The van der Waals surface area contributed by atoms with Gasteiger partial charge in [-0.1, -0.05) is 0 Å². The highest BCUT2D eigenvalue weighted by molar-refractivity contribution is 5.92. The normalized spacial score (nSPS) is 16.9. The van der Waals surface area contributed by atoms with E-state index in [4.69, 9.17) is 19.9 Å². The minimum absolute atomic E-state index is 0.220. The number of nitrogens with two attached hydrogens (primary N) is 1. The molecule has 8 nitrogen and oxygen atoms in total. The van der Waals surface area contributed by atoms with Gasteiger partial charge in [-0.3, -0.25) is 9.59 Å². The summed E-state index contributed by atoms with van der Waals surface area (Å²) in [6.45, 7) is 0.385. The largest absolute Gasteiger partial charge is 0.497 e. The van der Waals surface area contributed by atoms with Crippen LogP contribution in [0.5, 0.6) is 11.5 Å². The fraction of sp³-hybridized carbons (Fsp3) is 0.471. The molecule has 1 aliphatic rings. The molecule has 1 fully saturated rings. The molecule has 0 unspecified atom stereocenters. The van der Waals surface area contributed by atoms with Crippen LogP contribution in [0.15, 0.2) is 18.2 Å². The highest BCUT2D eigenvalue weighted by Gasteiger charge is 2.27. The molecule has 0 saturated carbocycles. The van der Waals surface area contributed by atoms with Crippen LogP contribution in [0.4, 0.5) is 0 Å². The number of benzene rings is 1. The molecule has 0 aromatic heterocycles. The molecule has 1 aromatic rings. The summed E-state index contributed by atoms with van der Waals surface area (Å²) in [4.78, 5) is 37.1. The summed E-state index contributed by atoms with van der Waals surface area (Å²) >= 11 is 0. The van der Waals surface area contributed by atoms with E-state index in [0.29, 0.717) is 30.9 Å². The van der Waals surface area contributed by atoms with E-state index in [1.165, 1.54) is 31.3 Å². The highest BCUT2D eigenvalue weighted by Crippen LogP contribution is 2.23. The summed E-state index contributed by atoms with van der Waals surface area (Å²) in [6, 6.07) is 4.62. The molecule has 8 heteroatoms. The van der Waals surface area contributed by atoms with E-state index >= 15 is 0 Å². The SMILES string of the molecule is COc1cc(OC)cc(C(=O)OCC(=O)N2CCC[C@H](C(N)=O)C2)c1. The van der Waals surface area contributed by atoms with E-state index in [-0.39, 0.29) is 23.9 Å². The van der Waals surface area contributed by atoms with Crippen LogP contribution in [0.25, 0.3) is 0 Å². The average Bonchev–Trinajstić information content (AvgIpc) is 2.65. The van der Waals surface area contributed by atoms with Crippen LogP contribution in [-0.4, -0.2) is 56.6 Å². The lowest BCUT2D eigenvalue weighted by molar-refractivity contribution is -0.137. The number of hydrogen-bond donors (Lipinski definition) is 1. The quantitative estimate of drug-likeness (QED) is 0.752. The van der Waals surface area contributed by atoms with Crippen LogP contribution >= 0.6 is 0 Å². The molecule has 2 amide bonds. The lowest BCUT2D eigenvalue weighted by Gasteiger charge is -2.31. The number of amides is 2. The van der Waals surface area contributed by atoms with Gasteiger partial charge in [-0.05, 0) is 25.0 Å². The van der Waals surface area contributed by atoms with Crippen molar-refractivity contribution >= 4 is 17.8 Å². The van der Waals surface area contributed by atoms with Crippen LogP contribution in [0.1, 0.15) is 23.2 Å². The van der Waals surface area contributed by atoms with Crippen molar-refractivity contribution in [1.82, 2.24) is 4.90 Å². The summed E-state index contributed by atoms with van der Waals surface area (Å²) in [6.07, 6.45) is 1.36. The molecule has 0 radical (unpaired) electrons. The number of primary amides is 1. The van der Waals surface area contributed by atoms with Crippen molar-refractivity contribution < 1.29 is 28.6 Å². The molecule has 25 heavy (non-hydrogen) atoms. The summed E-state index contributed by atoms with van der Waals surface area (Å²) in [5.74, 6) is -0.895. The number of likely N-dealkylation sites (tertiary alicyclic amines) is 1. The number of carbonyl (C=O) groups is 3. The second-order valence-electron chi connectivity index (χ2n) is 5.76. The predicted molar refractivity (Wildman–Crippen MR) is 88.3 cm³/mol. The Hall–Kier alpha value is -2.77. The van der Waals surface area contributed by atoms with Gasteiger partial charge in [-0.25, -0.2) is 4.79 Å². The second-order valence-corrected chi connectivity index (χ2v) is 5.76. The smallest absolute Gasteiger partial charge is 0.338 e. The van der Waals surface area contributed by atoms with Crippen LogP contribution in [0.3, 0.4) is 0 Å². The number of piperidine rings is 1. The van der Waals surface area contributed by atoms with E-state index in [0.717, 1.165) is 0 Å². The topological polar surface area (TPSA) is 108 Å². The number of methoxy groups -OCH3 is 2. The van der Waals surface area contributed by atoms with E-state index in [1.54, 1.807) is 6.07 Å². The zero-order chi connectivity index (χ0) is 18.4. The van der Waals surface area contributed by atoms with Crippen molar-refractivity contribution in [2.24, 2.45) is 11.7 Å². The van der Waals surface area contributed by atoms with Gasteiger partial charge in [0.1, 0.15) is 11.5 Å². The fourth-order valence-corrected chi connectivity index (χ4v) is 2.66. The molecule has 0 spiro atoms. The number of hydrogen-bond acceptors (Lipinski definition) is 6. The summed E-state index contributed by atoms with van der Waals surface area (Å²) < 4.78 is 15.3. The first-order valence-corrected chi connectivity index (χ1v) is 7.92. The van der Waals surface area contributed by atoms with Gasteiger partial charge in [0.25, 0.3) is 5.91 Å². The first kappa shape index (κ1) is 18.6. The molecule has 1 aromatic carbocycles. The molecule has 1 atom stereocenters. The number of nitrogens with zero attached hydrogens (tertiary/aromatic N) is 1. The first-order valence-electron chi connectivity index (χ1n) is 7.92. The summed E-state index contributed by atoms with van der Waals surface area (Å²) in [5, 5.41) is 0. The van der Waals surface area contributed by atoms with Crippen LogP contribution in [0.2, 0.25) is 0 Å². The molecule has 136 valence electrons. The van der Waals surface area contributed by atoms with Gasteiger partial charge in [0.15, 0.2) is 6.61 Å². The van der Waals surface area contributed by atoms with E-state index < -0.39 is 18.5 Å². The van der Waals surface area contributed by atoms with Gasteiger partial charge >= 0.3 is 5.97 Å². The Morgan fingerprint density at radius 3 is 2.36 bits per heavy atom. The maximum atomic E-state index is 12.2. The second kappa shape index (κ2) is 8.36. The van der Waals surface area contributed by atoms with E-state index in [9.17, 15) is 14.4 Å². The molecule has 2 rings (SSSR count). The van der Waals surface area contributed by atoms with Crippen molar-refractivity contribution in [3.8, 4) is 11.5 Å². The van der Waals surface area contributed by atoms with Gasteiger partial charge in [0.05, 0.1) is 25.7 Å². The minimum Gasteiger partial charge on any atom is -0.497 e. The zero-order valence-electron chi connectivity index (χ0n) is 14.3. The summed E-state index contributed by atoms with van der Waals surface area (Å²) in [7, 11) is 2.94. The molecule has 2 N–H and O–H groups in total. The maximum absolute atomic E-state index is 12.2. The Balaban J connectivity index is 1.95. The van der Waals surface area contributed by atoms with Gasteiger partial charge in [-0.2, -0.15) is 0 Å². The van der Waals surface area contributed by atoms with Crippen molar-refractivity contribution in [2.75, 3.05) is 33.9 Å². The minimum atomic E-state index is -0.658. The molecular formula is C17H22N2O6. The van der Waals surface area contributed by atoms with Crippen LogP contribution in [0, 0.1) is 5.92 Å². The van der Waals surface area contributed by atoms with Crippen molar-refractivity contribution in [3.05, 3.63) is 23.8 Å². The Kier molecular flexibility index (Phi) is 6.21. The summed E-state index contributed by atoms with van der Waals surface area (Å²) in [5.41, 5.74) is 5.52. The monoisotopic (exact) mass is 350 g/mol. The van der Waals surface area contributed by atoms with Gasteiger partial charge in [0.2, 0.25) is 5.91 Å². The standard InChI is InChI=1S/C17H22N2O6/c1-23-13-6-12(7-14(8-13)24-2)17(22)25-10-15(20)19-5-3-4-11(9-19)16(18)21/h6-8,11H,3-5,9-10H2,1-2H3,(H2,18,21)/t11-/m0/s1. The Bertz CT molecular complexity index is 638. The number of rotatable bonds is 6. The third-order valence-corrected chi connectivity index (χ3v) is 4.09.